The molecule has 3 rings (SSSR count). The first-order chi connectivity index (χ1) is 16.0. The predicted octanol–water partition coefficient (Wildman–Crippen LogP) is 6.32. The fraction of sp³-hybridized carbons (Fsp3) is 0.407. The minimum absolute atomic E-state index is 0.0348. The molecule has 0 atom stereocenters. The van der Waals surface area contributed by atoms with Gasteiger partial charge in [-0.1, -0.05) is 50.6 Å². The number of hydrogen-bond acceptors (Lipinski definition) is 3. The van der Waals surface area contributed by atoms with E-state index in [1.807, 2.05) is 25.1 Å². The Morgan fingerprint density at radius 2 is 1.70 bits per heavy atom. The summed E-state index contributed by atoms with van der Waals surface area (Å²) in [5, 5.41) is 4.47. The second kappa shape index (κ2) is 11.9. The normalized spacial score (nSPS) is 11.0. The van der Waals surface area contributed by atoms with Crippen LogP contribution >= 0.6 is 11.6 Å². The van der Waals surface area contributed by atoms with Crippen molar-refractivity contribution < 1.29 is 14.3 Å². The van der Waals surface area contributed by atoms with E-state index in [4.69, 9.17) is 16.3 Å². The van der Waals surface area contributed by atoms with Gasteiger partial charge in [0.15, 0.2) is 0 Å². The minimum Gasteiger partial charge on any atom is -0.497 e. The molecule has 33 heavy (non-hydrogen) atoms. The van der Waals surface area contributed by atoms with Crippen LogP contribution < -0.4 is 10.1 Å². The Kier molecular flexibility index (Phi) is 8.95. The smallest absolute Gasteiger partial charge is 0.262 e. The molecule has 0 aliphatic carbocycles. The molecule has 1 aromatic heterocycles. The Bertz CT molecular complexity index is 1100. The van der Waals surface area contributed by atoms with Crippen LogP contribution in [0.5, 0.6) is 5.75 Å². The van der Waals surface area contributed by atoms with Crippen molar-refractivity contribution in [2.24, 2.45) is 0 Å². The molecule has 0 saturated carbocycles. The zero-order valence-electron chi connectivity index (χ0n) is 19.7. The van der Waals surface area contributed by atoms with Crippen molar-refractivity contribution >= 4 is 34.3 Å². The SMILES string of the molecule is CCCCCCCCNC(=O)Cc1c(C)n(C(=O)c2ccc(Cl)cc2)c2ccc(OC)cc12. The van der Waals surface area contributed by atoms with Crippen molar-refractivity contribution in [3.63, 3.8) is 0 Å². The van der Waals surface area contributed by atoms with Crippen LogP contribution in [-0.4, -0.2) is 30.0 Å². The van der Waals surface area contributed by atoms with Crippen LogP contribution in [0.15, 0.2) is 42.5 Å². The maximum absolute atomic E-state index is 13.4. The number of amides is 1. The van der Waals surface area contributed by atoms with Crippen LogP contribution in [0.4, 0.5) is 0 Å². The number of aromatic nitrogens is 1. The van der Waals surface area contributed by atoms with Crippen LogP contribution in [0.1, 0.15) is 67.1 Å². The summed E-state index contributed by atoms with van der Waals surface area (Å²) >= 11 is 5.99. The maximum Gasteiger partial charge on any atom is 0.262 e. The molecule has 0 spiro atoms. The van der Waals surface area contributed by atoms with Crippen LogP contribution in [0.25, 0.3) is 10.9 Å². The summed E-state index contributed by atoms with van der Waals surface area (Å²) < 4.78 is 7.07. The molecule has 0 aliphatic rings. The molecule has 1 N–H and O–H groups in total. The van der Waals surface area contributed by atoms with E-state index in [2.05, 4.69) is 12.2 Å². The average Bonchev–Trinajstić information content (AvgIpc) is 3.08. The summed E-state index contributed by atoms with van der Waals surface area (Å²) in [7, 11) is 1.61. The van der Waals surface area contributed by atoms with Gasteiger partial charge in [0.05, 0.1) is 19.0 Å². The number of methoxy groups -OCH3 is 1. The maximum atomic E-state index is 13.4. The van der Waals surface area contributed by atoms with E-state index >= 15 is 0 Å². The lowest BCUT2D eigenvalue weighted by Crippen LogP contribution is -2.26. The lowest BCUT2D eigenvalue weighted by atomic mass is 10.1. The molecule has 1 heterocycles. The van der Waals surface area contributed by atoms with Gasteiger partial charge in [0.25, 0.3) is 5.91 Å². The van der Waals surface area contributed by atoms with Gasteiger partial charge in [-0.05, 0) is 61.4 Å². The van der Waals surface area contributed by atoms with Gasteiger partial charge >= 0.3 is 0 Å². The zero-order chi connectivity index (χ0) is 23.8. The number of halogens is 1. The summed E-state index contributed by atoms with van der Waals surface area (Å²) in [6, 6.07) is 12.4. The van der Waals surface area contributed by atoms with Crippen molar-refractivity contribution in [3.8, 4) is 5.75 Å². The monoisotopic (exact) mass is 468 g/mol. The molecule has 0 bridgehead atoms. The third kappa shape index (κ3) is 6.17. The molecular formula is C27H33ClN2O3. The molecule has 0 unspecified atom stereocenters. The molecule has 3 aromatic rings. The van der Waals surface area contributed by atoms with Gasteiger partial charge in [-0.15, -0.1) is 0 Å². The number of carbonyl (C=O) groups excluding carboxylic acids is 2. The summed E-state index contributed by atoms with van der Waals surface area (Å²) in [6.07, 6.45) is 7.30. The summed E-state index contributed by atoms with van der Waals surface area (Å²) in [6.45, 7) is 4.77. The van der Waals surface area contributed by atoms with Crippen molar-refractivity contribution in [2.75, 3.05) is 13.7 Å². The molecule has 1 amide bonds. The van der Waals surface area contributed by atoms with Crippen LogP contribution in [0, 0.1) is 6.92 Å². The van der Waals surface area contributed by atoms with E-state index in [1.165, 1.54) is 25.7 Å². The largest absolute Gasteiger partial charge is 0.497 e. The van der Waals surface area contributed by atoms with Crippen molar-refractivity contribution in [1.82, 2.24) is 9.88 Å². The predicted molar refractivity (Wildman–Crippen MR) is 134 cm³/mol. The highest BCUT2D eigenvalue weighted by atomic mass is 35.5. The van der Waals surface area contributed by atoms with Crippen LogP contribution in [0.3, 0.4) is 0 Å². The highest BCUT2D eigenvalue weighted by Gasteiger charge is 2.22. The number of unbranched alkanes of at least 4 members (excludes halogenated alkanes) is 5. The standard InChI is InChI=1S/C27H33ClN2O3/c1-4-5-6-7-8-9-16-29-26(31)18-23-19(2)30(25-15-14-22(33-3)17-24(23)25)27(32)20-10-12-21(28)13-11-20/h10-15,17H,4-9,16,18H2,1-3H3,(H,29,31). The minimum atomic E-state index is -0.155. The number of ether oxygens (including phenoxy) is 1. The van der Waals surface area contributed by atoms with Gasteiger partial charge < -0.3 is 10.1 Å². The molecule has 0 radical (unpaired) electrons. The zero-order valence-corrected chi connectivity index (χ0v) is 20.5. The Labute approximate surface area is 201 Å². The molecule has 2 aromatic carbocycles. The number of hydrogen-bond donors (Lipinski definition) is 1. The third-order valence-corrected chi connectivity index (χ3v) is 6.28. The molecule has 6 heteroatoms. The molecule has 176 valence electrons. The molecule has 5 nitrogen and oxygen atoms in total. The van der Waals surface area contributed by atoms with E-state index in [1.54, 1.807) is 35.9 Å². The topological polar surface area (TPSA) is 60.3 Å². The fourth-order valence-electron chi connectivity index (χ4n) is 4.15. The number of rotatable bonds is 11. The third-order valence-electron chi connectivity index (χ3n) is 6.03. The second-order valence-electron chi connectivity index (χ2n) is 8.39. The molecular weight excluding hydrogens is 436 g/mol. The highest BCUT2D eigenvalue weighted by molar-refractivity contribution is 6.30. The number of nitrogens with zero attached hydrogens (tertiary/aromatic N) is 1. The Balaban J connectivity index is 1.81. The van der Waals surface area contributed by atoms with Crippen molar-refractivity contribution in [3.05, 3.63) is 64.3 Å². The second-order valence-corrected chi connectivity index (χ2v) is 8.83. The number of benzene rings is 2. The Hall–Kier alpha value is -2.79. The summed E-state index contributed by atoms with van der Waals surface area (Å²) in [4.78, 5) is 26.1. The van der Waals surface area contributed by atoms with Crippen molar-refractivity contribution in [1.29, 1.82) is 0 Å². The van der Waals surface area contributed by atoms with Crippen LogP contribution in [0.2, 0.25) is 5.02 Å². The first-order valence-corrected chi connectivity index (χ1v) is 12.1. The number of carbonyl (C=O) groups is 2. The van der Waals surface area contributed by atoms with Crippen molar-refractivity contribution in [2.45, 2.75) is 58.8 Å². The quantitative estimate of drug-likeness (QED) is 0.335. The van der Waals surface area contributed by atoms with Gasteiger partial charge in [-0.2, -0.15) is 0 Å². The van der Waals surface area contributed by atoms with E-state index in [-0.39, 0.29) is 18.2 Å². The van der Waals surface area contributed by atoms with Gasteiger partial charge in [0.1, 0.15) is 5.75 Å². The van der Waals surface area contributed by atoms with E-state index in [0.29, 0.717) is 22.9 Å². The van der Waals surface area contributed by atoms with E-state index < -0.39 is 0 Å². The molecule has 0 aliphatic heterocycles. The van der Waals surface area contributed by atoms with Gasteiger partial charge in [-0.3, -0.25) is 14.2 Å². The summed E-state index contributed by atoms with van der Waals surface area (Å²) in [5.41, 5.74) is 2.89. The summed E-state index contributed by atoms with van der Waals surface area (Å²) in [5.74, 6) is 0.498. The highest BCUT2D eigenvalue weighted by Crippen LogP contribution is 2.30. The Morgan fingerprint density at radius 1 is 1.00 bits per heavy atom. The Morgan fingerprint density at radius 3 is 2.39 bits per heavy atom. The van der Waals surface area contributed by atoms with Crippen LogP contribution in [-0.2, 0) is 11.2 Å². The number of nitrogens with one attached hydrogen (secondary N) is 1. The van der Waals surface area contributed by atoms with Gasteiger partial charge in [-0.25, -0.2) is 0 Å². The first kappa shape index (κ1) is 24.8. The fourth-order valence-corrected chi connectivity index (χ4v) is 4.28. The molecule has 0 fully saturated rings. The lowest BCUT2D eigenvalue weighted by Gasteiger charge is -2.08. The van der Waals surface area contributed by atoms with Gasteiger partial charge in [0.2, 0.25) is 5.91 Å². The average molecular weight is 469 g/mol. The lowest BCUT2D eigenvalue weighted by molar-refractivity contribution is -0.120. The number of fused-ring (bicyclic) bond motifs is 1. The van der Waals surface area contributed by atoms with E-state index in [9.17, 15) is 9.59 Å². The van der Waals surface area contributed by atoms with Gasteiger partial charge in [0, 0.05) is 28.2 Å². The first-order valence-electron chi connectivity index (χ1n) is 11.7. The van der Waals surface area contributed by atoms with E-state index in [0.717, 1.165) is 35.0 Å². The molecule has 0 saturated heterocycles.